The first kappa shape index (κ1) is 12.1. The van der Waals surface area contributed by atoms with Crippen molar-refractivity contribution in [1.82, 2.24) is 5.32 Å². The molecule has 0 aliphatic rings. The Morgan fingerprint density at radius 1 is 1.40 bits per heavy atom. The molecule has 0 saturated carbocycles. The van der Waals surface area contributed by atoms with Crippen LogP contribution >= 0.6 is 11.6 Å². The second kappa shape index (κ2) is 6.46. The van der Waals surface area contributed by atoms with E-state index in [1.54, 1.807) is 0 Å². The van der Waals surface area contributed by atoms with Gasteiger partial charge in [0.1, 0.15) is 0 Å². The van der Waals surface area contributed by atoms with Crippen molar-refractivity contribution in [2.75, 3.05) is 5.88 Å². The summed E-state index contributed by atoms with van der Waals surface area (Å²) >= 11 is 5.70. The molecular weight excluding hydrogens is 210 g/mol. The Balaban J connectivity index is 2.43. The second-order valence-corrected chi connectivity index (χ2v) is 3.80. The summed E-state index contributed by atoms with van der Waals surface area (Å²) in [7, 11) is 0. The molecule has 3 heteroatoms. The first-order valence-electron chi connectivity index (χ1n) is 5.15. The number of benzene rings is 1. The average molecular weight is 226 g/mol. The van der Waals surface area contributed by atoms with Gasteiger partial charge in [0.15, 0.2) is 0 Å². The molecule has 1 atom stereocenters. The van der Waals surface area contributed by atoms with Crippen molar-refractivity contribution >= 4 is 17.5 Å². The van der Waals surface area contributed by atoms with E-state index in [1.807, 2.05) is 37.3 Å². The number of halogens is 1. The van der Waals surface area contributed by atoms with Crippen molar-refractivity contribution in [2.24, 2.45) is 0 Å². The standard InChI is InChI=1S/C12H16ClNO/c1-2-11(9-13)14-12(15)8-10-6-4-3-5-7-10/h3-7,11H,2,8-9H2,1H3,(H,14,15). The van der Waals surface area contributed by atoms with Gasteiger partial charge in [0.25, 0.3) is 0 Å². The van der Waals surface area contributed by atoms with E-state index in [4.69, 9.17) is 11.6 Å². The van der Waals surface area contributed by atoms with Gasteiger partial charge < -0.3 is 5.32 Å². The minimum absolute atomic E-state index is 0.0358. The molecule has 1 rings (SSSR count). The quantitative estimate of drug-likeness (QED) is 0.766. The molecule has 15 heavy (non-hydrogen) atoms. The first-order valence-corrected chi connectivity index (χ1v) is 5.69. The third kappa shape index (κ3) is 4.34. The largest absolute Gasteiger partial charge is 0.352 e. The normalized spacial score (nSPS) is 12.1. The fraction of sp³-hybridized carbons (Fsp3) is 0.417. The molecule has 0 spiro atoms. The van der Waals surface area contributed by atoms with Gasteiger partial charge in [-0.15, -0.1) is 11.6 Å². The van der Waals surface area contributed by atoms with Crippen LogP contribution in [0, 0.1) is 0 Å². The van der Waals surface area contributed by atoms with E-state index in [9.17, 15) is 4.79 Å². The van der Waals surface area contributed by atoms with Crippen LogP contribution in [0.3, 0.4) is 0 Å². The Hall–Kier alpha value is -1.02. The van der Waals surface area contributed by atoms with Gasteiger partial charge in [-0.2, -0.15) is 0 Å². The van der Waals surface area contributed by atoms with Crippen molar-refractivity contribution in [3.05, 3.63) is 35.9 Å². The Morgan fingerprint density at radius 3 is 2.60 bits per heavy atom. The fourth-order valence-electron chi connectivity index (χ4n) is 1.31. The molecule has 1 unspecified atom stereocenters. The van der Waals surface area contributed by atoms with E-state index in [2.05, 4.69) is 5.32 Å². The zero-order chi connectivity index (χ0) is 11.1. The maximum Gasteiger partial charge on any atom is 0.224 e. The van der Waals surface area contributed by atoms with Gasteiger partial charge >= 0.3 is 0 Å². The van der Waals surface area contributed by atoms with Gasteiger partial charge in [-0.05, 0) is 12.0 Å². The number of nitrogens with one attached hydrogen (secondary N) is 1. The lowest BCUT2D eigenvalue weighted by Gasteiger charge is -2.13. The monoisotopic (exact) mass is 225 g/mol. The van der Waals surface area contributed by atoms with Gasteiger partial charge in [-0.3, -0.25) is 4.79 Å². The third-order valence-electron chi connectivity index (χ3n) is 2.25. The van der Waals surface area contributed by atoms with E-state index in [0.29, 0.717) is 12.3 Å². The van der Waals surface area contributed by atoms with E-state index in [0.717, 1.165) is 12.0 Å². The van der Waals surface area contributed by atoms with Crippen molar-refractivity contribution in [3.8, 4) is 0 Å². The number of carbonyl (C=O) groups is 1. The van der Waals surface area contributed by atoms with Crippen LogP contribution in [0.15, 0.2) is 30.3 Å². The summed E-state index contributed by atoms with van der Waals surface area (Å²) in [6.07, 6.45) is 1.29. The molecule has 2 nitrogen and oxygen atoms in total. The van der Waals surface area contributed by atoms with E-state index in [-0.39, 0.29) is 11.9 Å². The first-order chi connectivity index (χ1) is 7.26. The highest BCUT2D eigenvalue weighted by Crippen LogP contribution is 2.01. The molecule has 1 aromatic carbocycles. The van der Waals surface area contributed by atoms with Crippen molar-refractivity contribution in [2.45, 2.75) is 25.8 Å². The molecule has 0 heterocycles. The molecule has 0 radical (unpaired) electrons. The number of hydrogen-bond acceptors (Lipinski definition) is 1. The molecule has 0 bridgehead atoms. The Bertz CT molecular complexity index is 296. The van der Waals surface area contributed by atoms with Crippen molar-refractivity contribution in [3.63, 3.8) is 0 Å². The average Bonchev–Trinajstić information content (AvgIpc) is 2.27. The summed E-state index contributed by atoms with van der Waals surface area (Å²) < 4.78 is 0. The van der Waals surface area contributed by atoms with Crippen molar-refractivity contribution < 1.29 is 4.79 Å². The molecule has 0 aliphatic heterocycles. The number of carbonyl (C=O) groups excluding carboxylic acids is 1. The number of amides is 1. The Kier molecular flexibility index (Phi) is 5.19. The number of rotatable bonds is 5. The van der Waals surface area contributed by atoms with Crippen LogP contribution < -0.4 is 5.32 Å². The third-order valence-corrected chi connectivity index (χ3v) is 2.62. The van der Waals surface area contributed by atoms with Gasteiger partial charge in [-0.1, -0.05) is 37.3 Å². The molecule has 0 aliphatic carbocycles. The molecule has 1 aromatic rings. The lowest BCUT2D eigenvalue weighted by atomic mass is 10.1. The fourth-order valence-corrected chi connectivity index (χ4v) is 1.61. The SMILES string of the molecule is CCC(CCl)NC(=O)Cc1ccccc1. The van der Waals surface area contributed by atoms with Gasteiger partial charge in [0.2, 0.25) is 5.91 Å². The molecule has 1 N–H and O–H groups in total. The van der Waals surface area contributed by atoms with E-state index < -0.39 is 0 Å². The molecule has 0 saturated heterocycles. The van der Waals surface area contributed by atoms with Gasteiger partial charge in [0, 0.05) is 11.9 Å². The lowest BCUT2D eigenvalue weighted by Crippen LogP contribution is -2.36. The van der Waals surface area contributed by atoms with Crippen LogP contribution in [-0.2, 0) is 11.2 Å². The molecular formula is C12H16ClNO. The van der Waals surface area contributed by atoms with Crippen LogP contribution in [0.5, 0.6) is 0 Å². The Morgan fingerprint density at radius 2 is 2.07 bits per heavy atom. The maximum absolute atomic E-state index is 11.6. The van der Waals surface area contributed by atoms with Gasteiger partial charge in [-0.25, -0.2) is 0 Å². The number of hydrogen-bond donors (Lipinski definition) is 1. The molecule has 82 valence electrons. The van der Waals surface area contributed by atoms with Crippen LogP contribution in [-0.4, -0.2) is 17.8 Å². The summed E-state index contributed by atoms with van der Waals surface area (Å²) in [5.74, 6) is 0.505. The van der Waals surface area contributed by atoms with E-state index in [1.165, 1.54) is 0 Å². The molecule has 0 fully saturated rings. The lowest BCUT2D eigenvalue weighted by molar-refractivity contribution is -0.121. The summed E-state index contributed by atoms with van der Waals surface area (Å²) in [6.45, 7) is 2.01. The van der Waals surface area contributed by atoms with Crippen LogP contribution in [0.1, 0.15) is 18.9 Å². The highest BCUT2D eigenvalue weighted by Gasteiger charge is 2.08. The topological polar surface area (TPSA) is 29.1 Å². The highest BCUT2D eigenvalue weighted by atomic mass is 35.5. The van der Waals surface area contributed by atoms with Crippen LogP contribution in [0.2, 0.25) is 0 Å². The summed E-state index contributed by atoms with van der Waals surface area (Å²) in [6, 6.07) is 9.78. The molecule has 0 aromatic heterocycles. The Labute approximate surface area is 95.6 Å². The zero-order valence-electron chi connectivity index (χ0n) is 8.87. The minimum atomic E-state index is 0.0358. The van der Waals surface area contributed by atoms with Crippen LogP contribution in [0.25, 0.3) is 0 Å². The minimum Gasteiger partial charge on any atom is -0.352 e. The smallest absolute Gasteiger partial charge is 0.224 e. The second-order valence-electron chi connectivity index (χ2n) is 3.49. The zero-order valence-corrected chi connectivity index (χ0v) is 9.63. The van der Waals surface area contributed by atoms with Crippen LogP contribution in [0.4, 0.5) is 0 Å². The summed E-state index contributed by atoms with van der Waals surface area (Å²) in [5, 5.41) is 2.89. The predicted octanol–water partition coefficient (Wildman–Crippen LogP) is 2.36. The van der Waals surface area contributed by atoms with Gasteiger partial charge in [0.05, 0.1) is 6.42 Å². The predicted molar refractivity (Wildman–Crippen MR) is 63.1 cm³/mol. The summed E-state index contributed by atoms with van der Waals surface area (Å²) in [5.41, 5.74) is 1.03. The highest BCUT2D eigenvalue weighted by molar-refractivity contribution is 6.18. The van der Waals surface area contributed by atoms with E-state index >= 15 is 0 Å². The maximum atomic E-state index is 11.6. The molecule has 1 amide bonds. The summed E-state index contributed by atoms with van der Waals surface area (Å²) in [4.78, 5) is 11.6. The number of alkyl halides is 1. The van der Waals surface area contributed by atoms with Crippen molar-refractivity contribution in [1.29, 1.82) is 0 Å².